The van der Waals surface area contributed by atoms with Gasteiger partial charge in [-0.3, -0.25) is 4.79 Å². The largest absolute Gasteiger partial charge is 0.486 e. The van der Waals surface area contributed by atoms with Crippen LogP contribution in [0, 0.1) is 0 Å². The molecule has 0 unspecified atom stereocenters. The van der Waals surface area contributed by atoms with Crippen molar-refractivity contribution in [3.63, 3.8) is 0 Å². The summed E-state index contributed by atoms with van der Waals surface area (Å²) < 4.78 is 11.0. The van der Waals surface area contributed by atoms with Gasteiger partial charge in [0, 0.05) is 15.4 Å². The highest BCUT2D eigenvalue weighted by atomic mass is 35.5. The third kappa shape index (κ3) is 2.62. The molecule has 0 aromatic heterocycles. The Morgan fingerprint density at radius 1 is 1.10 bits per heavy atom. The Hall–Kier alpha value is -1.65. The lowest BCUT2D eigenvalue weighted by Crippen LogP contribution is -2.15. The van der Waals surface area contributed by atoms with Gasteiger partial charge in [0.15, 0.2) is 17.8 Å². The number of carbonyl (C=O) groups is 1. The van der Waals surface area contributed by atoms with Crippen LogP contribution in [0.3, 0.4) is 0 Å². The standard InChI is InChI=1S/C15H11ClO3S/c16-12-2-1-3-15(11(12)9-17)20-10-4-5-13-14(8-10)19-7-6-18-13/h1-5,8-9H,6-7H2. The van der Waals surface area contributed by atoms with Crippen LogP contribution >= 0.6 is 23.4 Å². The van der Waals surface area contributed by atoms with E-state index in [0.717, 1.165) is 27.6 Å². The topological polar surface area (TPSA) is 35.5 Å². The van der Waals surface area contributed by atoms with Gasteiger partial charge in [0.2, 0.25) is 0 Å². The molecule has 0 atom stereocenters. The van der Waals surface area contributed by atoms with Gasteiger partial charge in [-0.25, -0.2) is 0 Å². The molecule has 0 saturated carbocycles. The average Bonchev–Trinajstić information content (AvgIpc) is 2.47. The third-order valence-corrected chi connectivity index (χ3v) is 4.27. The van der Waals surface area contributed by atoms with Gasteiger partial charge in [0.25, 0.3) is 0 Å². The van der Waals surface area contributed by atoms with E-state index in [0.29, 0.717) is 23.8 Å². The quantitative estimate of drug-likeness (QED) is 0.801. The second kappa shape index (κ2) is 5.77. The number of fused-ring (bicyclic) bond motifs is 1. The van der Waals surface area contributed by atoms with Gasteiger partial charge in [0.05, 0.1) is 5.02 Å². The molecule has 3 nitrogen and oxygen atoms in total. The van der Waals surface area contributed by atoms with E-state index in [-0.39, 0.29) is 0 Å². The van der Waals surface area contributed by atoms with Gasteiger partial charge >= 0.3 is 0 Å². The van der Waals surface area contributed by atoms with Gasteiger partial charge in [-0.1, -0.05) is 29.4 Å². The van der Waals surface area contributed by atoms with Crippen molar-refractivity contribution >= 4 is 29.6 Å². The van der Waals surface area contributed by atoms with Gasteiger partial charge in [-0.2, -0.15) is 0 Å². The Kier molecular flexibility index (Phi) is 3.85. The lowest BCUT2D eigenvalue weighted by atomic mass is 10.2. The zero-order chi connectivity index (χ0) is 13.9. The predicted molar refractivity (Wildman–Crippen MR) is 78.4 cm³/mol. The molecule has 1 aliphatic heterocycles. The number of hydrogen-bond acceptors (Lipinski definition) is 4. The molecular formula is C15H11ClO3S. The van der Waals surface area contributed by atoms with E-state index in [2.05, 4.69) is 0 Å². The molecule has 0 aliphatic carbocycles. The summed E-state index contributed by atoms with van der Waals surface area (Å²) in [6.07, 6.45) is 0.780. The summed E-state index contributed by atoms with van der Waals surface area (Å²) in [6.45, 7) is 1.13. The minimum atomic E-state index is 0.461. The first-order valence-corrected chi connectivity index (χ1v) is 7.28. The fourth-order valence-electron chi connectivity index (χ4n) is 1.93. The minimum Gasteiger partial charge on any atom is -0.486 e. The van der Waals surface area contributed by atoms with E-state index in [1.807, 2.05) is 30.3 Å². The van der Waals surface area contributed by atoms with Gasteiger partial charge in [-0.05, 0) is 30.3 Å². The Labute approximate surface area is 125 Å². The SMILES string of the molecule is O=Cc1c(Cl)cccc1Sc1ccc2c(c1)OCCO2. The van der Waals surface area contributed by atoms with Crippen LogP contribution in [0.4, 0.5) is 0 Å². The number of halogens is 1. The molecule has 1 heterocycles. The number of carbonyl (C=O) groups excluding carboxylic acids is 1. The van der Waals surface area contributed by atoms with Crippen LogP contribution in [-0.4, -0.2) is 19.5 Å². The van der Waals surface area contributed by atoms with Crippen molar-refractivity contribution in [3.05, 3.63) is 47.0 Å². The normalized spacial score (nSPS) is 13.1. The summed E-state index contributed by atoms with van der Waals surface area (Å²) in [5.41, 5.74) is 0.508. The maximum atomic E-state index is 11.1. The number of ether oxygens (including phenoxy) is 2. The van der Waals surface area contributed by atoms with E-state index < -0.39 is 0 Å². The smallest absolute Gasteiger partial charge is 0.162 e. The molecule has 5 heteroatoms. The molecular weight excluding hydrogens is 296 g/mol. The molecule has 3 rings (SSSR count). The first-order chi connectivity index (χ1) is 9.78. The summed E-state index contributed by atoms with van der Waals surface area (Å²) in [5.74, 6) is 1.48. The first-order valence-electron chi connectivity index (χ1n) is 6.09. The van der Waals surface area contributed by atoms with Gasteiger partial charge in [0.1, 0.15) is 13.2 Å². The maximum absolute atomic E-state index is 11.1. The van der Waals surface area contributed by atoms with Crippen LogP contribution in [0.1, 0.15) is 10.4 Å². The fraction of sp³-hybridized carbons (Fsp3) is 0.133. The Bertz CT molecular complexity index is 658. The minimum absolute atomic E-state index is 0.461. The number of rotatable bonds is 3. The van der Waals surface area contributed by atoms with E-state index in [4.69, 9.17) is 21.1 Å². The van der Waals surface area contributed by atoms with E-state index in [1.54, 1.807) is 6.07 Å². The van der Waals surface area contributed by atoms with Crippen LogP contribution in [-0.2, 0) is 0 Å². The predicted octanol–water partition coefficient (Wildman–Crippen LogP) is 4.07. The molecule has 0 amide bonds. The summed E-state index contributed by atoms with van der Waals surface area (Å²) in [4.78, 5) is 12.9. The van der Waals surface area contributed by atoms with Crippen LogP contribution in [0.5, 0.6) is 11.5 Å². The van der Waals surface area contributed by atoms with Crippen molar-refractivity contribution in [2.24, 2.45) is 0 Å². The molecule has 2 aromatic rings. The molecule has 0 N–H and O–H groups in total. The number of aldehydes is 1. The third-order valence-electron chi connectivity index (χ3n) is 2.87. The summed E-state index contributed by atoms with van der Waals surface area (Å²) in [5, 5.41) is 0.461. The number of hydrogen-bond donors (Lipinski definition) is 0. The first kappa shape index (κ1) is 13.3. The van der Waals surface area contributed by atoms with E-state index in [9.17, 15) is 4.79 Å². The lowest BCUT2D eigenvalue weighted by molar-refractivity contribution is 0.112. The van der Waals surface area contributed by atoms with Crippen LogP contribution in [0.15, 0.2) is 46.2 Å². The maximum Gasteiger partial charge on any atom is 0.162 e. The molecule has 20 heavy (non-hydrogen) atoms. The van der Waals surface area contributed by atoms with Gasteiger partial charge < -0.3 is 9.47 Å². The lowest BCUT2D eigenvalue weighted by Gasteiger charge is -2.18. The molecule has 1 aliphatic rings. The Morgan fingerprint density at radius 3 is 2.70 bits per heavy atom. The molecule has 0 spiro atoms. The van der Waals surface area contributed by atoms with Crippen LogP contribution in [0.2, 0.25) is 5.02 Å². The molecule has 2 aromatic carbocycles. The molecule has 0 bridgehead atoms. The average molecular weight is 307 g/mol. The molecule has 0 fully saturated rings. The van der Waals surface area contributed by atoms with E-state index >= 15 is 0 Å². The van der Waals surface area contributed by atoms with Crippen molar-refractivity contribution < 1.29 is 14.3 Å². The fourth-order valence-corrected chi connectivity index (χ4v) is 3.18. The monoisotopic (exact) mass is 306 g/mol. The number of benzene rings is 2. The highest BCUT2D eigenvalue weighted by Crippen LogP contribution is 2.38. The molecule has 102 valence electrons. The van der Waals surface area contributed by atoms with Crippen molar-refractivity contribution in [2.75, 3.05) is 13.2 Å². The second-order valence-corrected chi connectivity index (χ2v) is 5.70. The Morgan fingerprint density at radius 2 is 1.90 bits per heavy atom. The molecule has 0 radical (unpaired) electrons. The zero-order valence-corrected chi connectivity index (χ0v) is 12.0. The second-order valence-electron chi connectivity index (χ2n) is 4.18. The van der Waals surface area contributed by atoms with Crippen LogP contribution < -0.4 is 9.47 Å². The van der Waals surface area contributed by atoms with Crippen LogP contribution in [0.25, 0.3) is 0 Å². The molecule has 0 saturated heterocycles. The highest BCUT2D eigenvalue weighted by Gasteiger charge is 2.13. The van der Waals surface area contributed by atoms with Gasteiger partial charge in [-0.15, -0.1) is 0 Å². The van der Waals surface area contributed by atoms with E-state index in [1.165, 1.54) is 11.8 Å². The summed E-state index contributed by atoms with van der Waals surface area (Å²) in [6, 6.07) is 11.1. The summed E-state index contributed by atoms with van der Waals surface area (Å²) >= 11 is 7.50. The highest BCUT2D eigenvalue weighted by molar-refractivity contribution is 7.99. The van der Waals surface area contributed by atoms with Crippen molar-refractivity contribution in [3.8, 4) is 11.5 Å². The summed E-state index contributed by atoms with van der Waals surface area (Å²) in [7, 11) is 0. The van der Waals surface area contributed by atoms with Crippen molar-refractivity contribution in [1.29, 1.82) is 0 Å². The zero-order valence-electron chi connectivity index (χ0n) is 10.5. The Balaban J connectivity index is 1.92. The van der Waals surface area contributed by atoms with Crippen molar-refractivity contribution in [1.82, 2.24) is 0 Å². The van der Waals surface area contributed by atoms with Crippen molar-refractivity contribution in [2.45, 2.75) is 9.79 Å².